The van der Waals surface area contributed by atoms with Gasteiger partial charge in [0.25, 0.3) is 0 Å². The first-order valence-corrected chi connectivity index (χ1v) is 38.5. The van der Waals surface area contributed by atoms with Crippen LogP contribution in [0.2, 0.25) is 0 Å². The molecule has 17 aromatic rings. The number of hydrogen-bond donors (Lipinski definition) is 0. The maximum atomic E-state index is 9.72. The molecular formula is C105H94N4O. The van der Waals surface area contributed by atoms with Crippen LogP contribution in [-0.2, 0) is 27.1 Å². The molecule has 0 saturated carbocycles. The minimum absolute atomic E-state index is 0.0413. The highest BCUT2D eigenvalue weighted by Gasteiger charge is 2.44. The third-order valence-corrected chi connectivity index (χ3v) is 23.2. The third-order valence-electron chi connectivity index (χ3n) is 23.2. The lowest BCUT2D eigenvalue weighted by molar-refractivity contribution is 0.590. The van der Waals surface area contributed by atoms with E-state index in [4.69, 9.17) is 7.16 Å². The van der Waals surface area contributed by atoms with E-state index in [-0.39, 0.29) is 62.4 Å². The standard InChI is InChI=1S/C105H94N4O/c1-101(2,3)70-44-50-86-82(56-70)83-57-71(102(4,5)6)45-51-87(83)106(86)75-62-94-97-95(63-75)109(98-80(66-34-24-18-25-35-66)60-74(105(13,14)15)61-81(98)67-36-26-19-27-37-67)93-55-69(65-32-22-17-23-33-65)43-49-79(93)96(97)78-48-42-68(64-30-20-16-21-31-64)54-92(78)108(94)91-41-29-39-77-76-38-28-40-90(99(76)110-100(77)91)107-88-52-46-72(103(7,8)9)58-84(88)85-59-73(104(10,11)12)47-53-89(85)107/h16-63,96H,1-15H3/i16D,17D,20D,21D,22D,23D,30D,31D,32D,33D. The fraction of sp³-hybridized carbons (Fsp3) is 0.200. The molecule has 0 bridgehead atoms. The van der Waals surface area contributed by atoms with Crippen LogP contribution in [0, 0.1) is 0 Å². The average molecular weight is 1440 g/mol. The molecule has 0 aliphatic carbocycles. The van der Waals surface area contributed by atoms with Crippen molar-refractivity contribution in [3.05, 3.63) is 335 Å². The van der Waals surface area contributed by atoms with Crippen LogP contribution in [0.1, 0.15) is 168 Å². The van der Waals surface area contributed by atoms with E-state index in [1.807, 2.05) is 36.4 Å². The SMILES string of the molecule is [2H]c1c([2H])c([2H])c(-c2ccc3c(c2)N(c2c(-c4ccccc4)cc(C(C)(C)C)cc2-c2ccccc2)c2cc(-n4c5ccc(C(C)(C)C)cc5c5cc(C(C)(C)C)ccc54)cc4c2C3c2ccc(-c3c([2H])c([2H])c([2H])c([2H])c3[2H])cc2N4c2cccc3c2oc2c(-n4c5ccc(C(C)(C)C)cc5c5cc(C(C)(C)C)ccc54)cccc23)c([2H])c1[2H]. The van der Waals surface area contributed by atoms with Gasteiger partial charge in [-0.2, -0.15) is 0 Å². The van der Waals surface area contributed by atoms with Crippen LogP contribution in [0.3, 0.4) is 0 Å². The second-order valence-corrected chi connectivity index (χ2v) is 35.5. The Kier molecular flexibility index (Phi) is 13.1. The zero-order chi connectivity index (χ0) is 84.5. The van der Waals surface area contributed by atoms with Crippen LogP contribution in [0.15, 0.2) is 295 Å². The Morgan fingerprint density at radius 2 is 0.664 bits per heavy atom. The first kappa shape index (κ1) is 58.1. The largest absolute Gasteiger partial charge is 0.452 e. The number of nitrogens with zero attached hydrogens (tertiary/aromatic N) is 4. The summed E-state index contributed by atoms with van der Waals surface area (Å²) in [6.07, 6.45) is 0. The van der Waals surface area contributed by atoms with Gasteiger partial charge in [-0.05, 0) is 196 Å². The van der Waals surface area contributed by atoms with Gasteiger partial charge in [-0.15, -0.1) is 0 Å². The maximum Gasteiger partial charge on any atom is 0.159 e. The Balaban J connectivity index is 1.01. The van der Waals surface area contributed by atoms with E-state index in [2.05, 4.69) is 317 Å². The van der Waals surface area contributed by atoms with E-state index >= 15 is 0 Å². The summed E-state index contributed by atoms with van der Waals surface area (Å²) in [6, 6.07) is 78.4. The predicted octanol–water partition coefficient (Wildman–Crippen LogP) is 29.7. The van der Waals surface area contributed by atoms with Gasteiger partial charge in [0.15, 0.2) is 11.2 Å². The summed E-state index contributed by atoms with van der Waals surface area (Å²) in [4.78, 5) is 4.69. The Morgan fingerprint density at radius 1 is 0.282 bits per heavy atom. The highest BCUT2D eigenvalue weighted by Crippen LogP contribution is 2.65. The van der Waals surface area contributed by atoms with Crippen molar-refractivity contribution in [3.8, 4) is 55.9 Å². The van der Waals surface area contributed by atoms with Crippen molar-refractivity contribution in [2.24, 2.45) is 0 Å². The number of anilines is 6. The molecule has 110 heavy (non-hydrogen) atoms. The van der Waals surface area contributed by atoms with Gasteiger partial charge in [-0.25, -0.2) is 0 Å². The Morgan fingerprint density at radius 3 is 1.08 bits per heavy atom. The molecule has 2 aliphatic rings. The van der Waals surface area contributed by atoms with Crippen LogP contribution in [0.25, 0.3) is 121 Å². The number of rotatable bonds is 8. The first-order chi connectivity index (χ1) is 56.9. The van der Waals surface area contributed by atoms with Gasteiger partial charge in [-0.1, -0.05) is 298 Å². The molecule has 0 fully saturated rings. The molecule has 0 N–H and O–H groups in total. The molecule has 0 amide bonds. The van der Waals surface area contributed by atoms with Gasteiger partial charge in [0, 0.05) is 54.9 Å². The van der Waals surface area contributed by atoms with Crippen molar-refractivity contribution in [1.29, 1.82) is 0 Å². The summed E-state index contributed by atoms with van der Waals surface area (Å²) in [7, 11) is 0. The molecule has 5 heteroatoms. The van der Waals surface area contributed by atoms with Crippen molar-refractivity contribution in [1.82, 2.24) is 9.13 Å². The normalized spacial score (nSPS) is 15.3. The van der Waals surface area contributed by atoms with Gasteiger partial charge in [-0.3, -0.25) is 0 Å². The highest BCUT2D eigenvalue weighted by molar-refractivity contribution is 6.17. The van der Waals surface area contributed by atoms with E-state index in [1.54, 1.807) is 0 Å². The van der Waals surface area contributed by atoms with E-state index in [9.17, 15) is 11.0 Å². The van der Waals surface area contributed by atoms with E-state index in [1.165, 1.54) is 22.3 Å². The minimum Gasteiger partial charge on any atom is -0.452 e. The lowest BCUT2D eigenvalue weighted by Gasteiger charge is -2.46. The second kappa shape index (κ2) is 24.8. The molecule has 1 atom stereocenters. The molecule has 5 nitrogen and oxygen atoms in total. The Hall–Kier alpha value is -11.9. The number of aromatic nitrogens is 2. The molecule has 2 aliphatic heterocycles. The molecular weight excluding hydrogens is 1330 g/mol. The number of para-hydroxylation sites is 2. The smallest absolute Gasteiger partial charge is 0.159 e. The van der Waals surface area contributed by atoms with Crippen molar-refractivity contribution in [3.63, 3.8) is 0 Å². The monoisotopic (exact) mass is 1440 g/mol. The quantitative estimate of drug-likeness (QED) is 0.152. The van der Waals surface area contributed by atoms with Gasteiger partial charge in [0.05, 0.1) is 81.3 Å². The fourth-order valence-corrected chi connectivity index (χ4v) is 17.3. The van der Waals surface area contributed by atoms with Crippen LogP contribution in [0.5, 0.6) is 0 Å². The minimum atomic E-state index is -0.671. The summed E-state index contributed by atoms with van der Waals surface area (Å²) in [5.41, 5.74) is 23.3. The lowest BCUT2D eigenvalue weighted by Crippen LogP contribution is -2.30. The Bertz CT molecular complexity index is 7000. The summed E-state index contributed by atoms with van der Waals surface area (Å²) < 4.78 is 106. The summed E-state index contributed by atoms with van der Waals surface area (Å²) in [5, 5.41) is 6.18. The molecule has 0 spiro atoms. The number of furan rings is 1. The summed E-state index contributed by atoms with van der Waals surface area (Å²) in [5.74, 6) is -0.671. The average Bonchev–Trinajstić information content (AvgIpc) is 0.916. The molecule has 0 saturated heterocycles. The van der Waals surface area contributed by atoms with E-state index in [0.29, 0.717) is 39.4 Å². The number of benzene rings is 14. The molecule has 19 rings (SSSR count). The van der Waals surface area contributed by atoms with Crippen LogP contribution in [0.4, 0.5) is 34.1 Å². The summed E-state index contributed by atoms with van der Waals surface area (Å²) in [6.45, 7) is 33.8. The highest BCUT2D eigenvalue weighted by atomic mass is 16.3. The van der Waals surface area contributed by atoms with Crippen LogP contribution >= 0.6 is 0 Å². The van der Waals surface area contributed by atoms with E-state index < -0.39 is 42.2 Å². The van der Waals surface area contributed by atoms with Gasteiger partial charge >= 0.3 is 0 Å². The molecule has 5 heterocycles. The van der Waals surface area contributed by atoms with Gasteiger partial charge in [0.2, 0.25) is 0 Å². The van der Waals surface area contributed by atoms with Crippen LogP contribution < -0.4 is 9.80 Å². The topological polar surface area (TPSA) is 29.5 Å². The lowest BCUT2D eigenvalue weighted by atomic mass is 9.74. The molecule has 14 aromatic carbocycles. The maximum absolute atomic E-state index is 9.72. The van der Waals surface area contributed by atoms with Crippen molar-refractivity contribution in [2.45, 2.75) is 137 Å². The van der Waals surface area contributed by atoms with Crippen molar-refractivity contribution in [2.75, 3.05) is 9.80 Å². The zero-order valence-corrected chi connectivity index (χ0v) is 65.2. The number of hydrogen-bond acceptors (Lipinski definition) is 3. The first-order valence-electron chi connectivity index (χ1n) is 43.5. The second-order valence-electron chi connectivity index (χ2n) is 35.5. The summed E-state index contributed by atoms with van der Waals surface area (Å²) >= 11 is 0. The molecule has 540 valence electrons. The van der Waals surface area contributed by atoms with E-state index in [0.717, 1.165) is 127 Å². The van der Waals surface area contributed by atoms with Crippen molar-refractivity contribution < 1.29 is 18.1 Å². The predicted molar refractivity (Wildman–Crippen MR) is 468 cm³/mol. The zero-order valence-electron chi connectivity index (χ0n) is 75.2. The van der Waals surface area contributed by atoms with Gasteiger partial charge < -0.3 is 23.4 Å². The number of fused-ring (bicyclic) bond motifs is 13. The Labute approximate surface area is 661 Å². The molecule has 1 unspecified atom stereocenters. The fourth-order valence-electron chi connectivity index (χ4n) is 17.3. The van der Waals surface area contributed by atoms with Gasteiger partial charge in [0.1, 0.15) is 0 Å². The third kappa shape index (κ3) is 11.1. The molecule has 3 aromatic heterocycles. The van der Waals surface area contributed by atoms with Crippen LogP contribution in [-0.4, -0.2) is 9.13 Å². The van der Waals surface area contributed by atoms with Crippen molar-refractivity contribution >= 4 is 99.7 Å². The molecule has 0 radical (unpaired) electrons.